The van der Waals surface area contributed by atoms with Crippen LogP contribution in [0.4, 0.5) is 0 Å². The number of hydrogen-bond donors (Lipinski definition) is 0. The summed E-state index contributed by atoms with van der Waals surface area (Å²) in [5.41, 5.74) is 1.78. The lowest BCUT2D eigenvalue weighted by atomic mass is 9.93. The molecule has 0 N–H and O–H groups in total. The third-order valence-electron chi connectivity index (χ3n) is 2.16. The van der Waals surface area contributed by atoms with Crippen molar-refractivity contribution < 1.29 is 9.59 Å². The van der Waals surface area contributed by atoms with Gasteiger partial charge in [0.25, 0.3) is 0 Å². The van der Waals surface area contributed by atoms with Gasteiger partial charge in [0.05, 0.1) is 5.03 Å². The monoisotopic (exact) mass is 206 g/mol. The Kier molecular flexibility index (Phi) is 2.01. The standard InChI is InChI=1S/C11H7ClO2/c1-6-2-3-7-8(4-6)11(14)9(12)5-10(7)13/h2-5H,1H3. The zero-order valence-electron chi connectivity index (χ0n) is 7.50. The molecule has 0 saturated carbocycles. The van der Waals surface area contributed by atoms with Crippen LogP contribution in [0.15, 0.2) is 29.3 Å². The van der Waals surface area contributed by atoms with Crippen molar-refractivity contribution >= 4 is 23.2 Å². The molecule has 0 aromatic heterocycles. The van der Waals surface area contributed by atoms with E-state index in [1.807, 2.05) is 6.92 Å². The van der Waals surface area contributed by atoms with Gasteiger partial charge in [0, 0.05) is 17.2 Å². The van der Waals surface area contributed by atoms with Gasteiger partial charge in [0.1, 0.15) is 0 Å². The van der Waals surface area contributed by atoms with Crippen LogP contribution in [0.25, 0.3) is 0 Å². The predicted molar refractivity (Wildman–Crippen MR) is 53.8 cm³/mol. The molecule has 0 bridgehead atoms. The first kappa shape index (κ1) is 9.16. The van der Waals surface area contributed by atoms with Gasteiger partial charge in [-0.05, 0) is 13.0 Å². The first-order valence-electron chi connectivity index (χ1n) is 4.16. The van der Waals surface area contributed by atoms with Crippen LogP contribution in [-0.4, -0.2) is 11.6 Å². The highest BCUT2D eigenvalue weighted by molar-refractivity contribution is 6.49. The van der Waals surface area contributed by atoms with Crippen molar-refractivity contribution in [3.63, 3.8) is 0 Å². The van der Waals surface area contributed by atoms with E-state index in [1.54, 1.807) is 18.2 Å². The number of carbonyl (C=O) groups excluding carboxylic acids is 2. The Morgan fingerprint density at radius 2 is 1.86 bits per heavy atom. The lowest BCUT2D eigenvalue weighted by Gasteiger charge is -2.11. The number of allylic oxidation sites excluding steroid dienone is 2. The van der Waals surface area contributed by atoms with Crippen LogP contribution in [0.3, 0.4) is 0 Å². The molecule has 1 aliphatic carbocycles. The van der Waals surface area contributed by atoms with Crippen molar-refractivity contribution in [2.24, 2.45) is 0 Å². The van der Waals surface area contributed by atoms with Gasteiger partial charge in [0.15, 0.2) is 5.78 Å². The molecule has 1 aromatic rings. The molecule has 70 valence electrons. The number of benzene rings is 1. The molecule has 0 heterocycles. The summed E-state index contributed by atoms with van der Waals surface area (Å²) in [6, 6.07) is 5.15. The van der Waals surface area contributed by atoms with Crippen molar-refractivity contribution in [2.45, 2.75) is 6.92 Å². The summed E-state index contributed by atoms with van der Waals surface area (Å²) in [6.07, 6.45) is 1.17. The molecule has 0 saturated heterocycles. The van der Waals surface area contributed by atoms with Gasteiger partial charge < -0.3 is 0 Å². The first-order valence-corrected chi connectivity index (χ1v) is 4.54. The van der Waals surface area contributed by atoms with Gasteiger partial charge in [-0.2, -0.15) is 0 Å². The minimum Gasteiger partial charge on any atom is -0.289 e. The molecule has 0 amide bonds. The number of rotatable bonds is 0. The van der Waals surface area contributed by atoms with E-state index in [0.29, 0.717) is 11.1 Å². The maximum Gasteiger partial charge on any atom is 0.205 e. The Hall–Kier alpha value is -1.41. The van der Waals surface area contributed by atoms with Crippen molar-refractivity contribution in [3.8, 4) is 0 Å². The fourth-order valence-corrected chi connectivity index (χ4v) is 1.65. The summed E-state index contributed by atoms with van der Waals surface area (Å²) in [7, 11) is 0. The molecule has 0 atom stereocenters. The van der Waals surface area contributed by atoms with Crippen LogP contribution in [0.1, 0.15) is 26.3 Å². The molecule has 0 fully saturated rings. The SMILES string of the molecule is Cc1ccc2c(c1)C(=O)C(Cl)=CC2=O. The first-order chi connectivity index (χ1) is 6.59. The highest BCUT2D eigenvalue weighted by atomic mass is 35.5. The molecule has 2 nitrogen and oxygen atoms in total. The molecule has 1 aliphatic rings. The number of carbonyl (C=O) groups is 2. The highest BCUT2D eigenvalue weighted by Gasteiger charge is 2.23. The Morgan fingerprint density at radius 1 is 1.14 bits per heavy atom. The van der Waals surface area contributed by atoms with E-state index in [4.69, 9.17) is 11.6 Å². The number of hydrogen-bond acceptors (Lipinski definition) is 2. The summed E-state index contributed by atoms with van der Waals surface area (Å²) in [6.45, 7) is 1.87. The molecule has 0 aliphatic heterocycles. The number of fused-ring (bicyclic) bond motifs is 1. The molecular weight excluding hydrogens is 200 g/mol. The summed E-state index contributed by atoms with van der Waals surface area (Å²) in [5, 5.41) is -0.00639. The second-order valence-electron chi connectivity index (χ2n) is 3.23. The third kappa shape index (κ3) is 1.28. The maximum atomic E-state index is 11.6. The van der Waals surface area contributed by atoms with Gasteiger partial charge in [-0.1, -0.05) is 29.3 Å². The van der Waals surface area contributed by atoms with Crippen LogP contribution in [0, 0.1) is 6.92 Å². The second-order valence-corrected chi connectivity index (χ2v) is 3.64. The quantitative estimate of drug-likeness (QED) is 0.654. The number of ketones is 2. The molecule has 1 aromatic carbocycles. The van der Waals surface area contributed by atoms with E-state index in [1.165, 1.54) is 6.08 Å². The van der Waals surface area contributed by atoms with Gasteiger partial charge >= 0.3 is 0 Å². The fraction of sp³-hybridized carbons (Fsp3) is 0.0909. The maximum absolute atomic E-state index is 11.6. The van der Waals surface area contributed by atoms with E-state index in [-0.39, 0.29) is 16.6 Å². The smallest absolute Gasteiger partial charge is 0.205 e. The zero-order valence-corrected chi connectivity index (χ0v) is 8.26. The van der Waals surface area contributed by atoms with Gasteiger partial charge in [-0.15, -0.1) is 0 Å². The Morgan fingerprint density at radius 3 is 2.57 bits per heavy atom. The van der Waals surface area contributed by atoms with E-state index >= 15 is 0 Å². The van der Waals surface area contributed by atoms with Gasteiger partial charge in [-0.25, -0.2) is 0 Å². The van der Waals surface area contributed by atoms with E-state index < -0.39 is 0 Å². The average molecular weight is 207 g/mol. The number of aryl methyl sites for hydroxylation is 1. The van der Waals surface area contributed by atoms with E-state index in [9.17, 15) is 9.59 Å². The highest BCUT2D eigenvalue weighted by Crippen LogP contribution is 2.23. The van der Waals surface area contributed by atoms with Crippen LogP contribution >= 0.6 is 11.6 Å². The normalized spacial score (nSPS) is 15.1. The molecule has 2 rings (SSSR count). The Labute approximate surface area is 86.2 Å². The lowest BCUT2D eigenvalue weighted by Crippen LogP contribution is -2.14. The minimum absolute atomic E-state index is 0.00639. The Bertz CT molecular complexity index is 472. The van der Waals surface area contributed by atoms with Gasteiger partial charge in [0.2, 0.25) is 5.78 Å². The summed E-state index contributed by atoms with van der Waals surface area (Å²) in [4.78, 5) is 23.0. The van der Waals surface area contributed by atoms with Crippen LogP contribution in [0.5, 0.6) is 0 Å². The second kappa shape index (κ2) is 3.07. The topological polar surface area (TPSA) is 34.1 Å². The van der Waals surface area contributed by atoms with Crippen molar-refractivity contribution in [1.29, 1.82) is 0 Å². The van der Waals surface area contributed by atoms with Crippen LogP contribution in [0.2, 0.25) is 0 Å². The zero-order chi connectivity index (χ0) is 10.3. The number of halogens is 1. The summed E-state index contributed by atoms with van der Waals surface area (Å²) in [5.74, 6) is -0.477. The Balaban J connectivity index is 2.69. The predicted octanol–water partition coefficient (Wildman–Crippen LogP) is 2.50. The number of Topliss-reactive ketones (excluding diaryl/α,β-unsaturated/α-hetero) is 1. The van der Waals surface area contributed by atoms with Crippen molar-refractivity contribution in [2.75, 3.05) is 0 Å². The molecule has 0 spiro atoms. The molecular formula is C11H7ClO2. The van der Waals surface area contributed by atoms with Crippen molar-refractivity contribution in [3.05, 3.63) is 46.0 Å². The summed E-state index contributed by atoms with van der Waals surface area (Å²) < 4.78 is 0. The van der Waals surface area contributed by atoms with E-state index in [2.05, 4.69) is 0 Å². The van der Waals surface area contributed by atoms with Gasteiger partial charge in [-0.3, -0.25) is 9.59 Å². The third-order valence-corrected chi connectivity index (χ3v) is 2.44. The molecule has 0 radical (unpaired) electrons. The molecule has 0 unspecified atom stereocenters. The minimum atomic E-state index is -0.273. The molecule has 3 heteroatoms. The largest absolute Gasteiger partial charge is 0.289 e. The lowest BCUT2D eigenvalue weighted by molar-refractivity contribution is 0.0990. The summed E-state index contributed by atoms with van der Waals surface area (Å²) >= 11 is 5.63. The molecule has 14 heavy (non-hydrogen) atoms. The average Bonchev–Trinajstić information content (AvgIpc) is 2.14. The van der Waals surface area contributed by atoms with Crippen molar-refractivity contribution in [1.82, 2.24) is 0 Å². The van der Waals surface area contributed by atoms with Crippen LogP contribution < -0.4 is 0 Å². The van der Waals surface area contributed by atoms with E-state index in [0.717, 1.165) is 5.56 Å². The van der Waals surface area contributed by atoms with Crippen LogP contribution in [-0.2, 0) is 0 Å². The fourth-order valence-electron chi connectivity index (χ4n) is 1.45.